The zero-order valence-electron chi connectivity index (χ0n) is 13.7. The quantitative estimate of drug-likeness (QED) is 0.886. The smallest absolute Gasteiger partial charge is 0.319 e. The zero-order valence-corrected chi connectivity index (χ0v) is 14.5. The molecule has 2 N–H and O–H groups in total. The van der Waals surface area contributed by atoms with Crippen molar-refractivity contribution in [2.45, 2.75) is 32.2 Å². The summed E-state index contributed by atoms with van der Waals surface area (Å²) in [5, 5.41) is 6.47. The third kappa shape index (κ3) is 4.48. The van der Waals surface area contributed by atoms with Crippen molar-refractivity contribution in [2.24, 2.45) is 0 Å². The van der Waals surface area contributed by atoms with E-state index in [0.29, 0.717) is 11.4 Å². The van der Waals surface area contributed by atoms with E-state index < -0.39 is 21.9 Å². The van der Waals surface area contributed by atoms with Gasteiger partial charge in [-0.3, -0.25) is 0 Å². The van der Waals surface area contributed by atoms with Gasteiger partial charge in [0, 0.05) is 5.41 Å². The molecule has 0 bridgehead atoms. The molecule has 0 saturated heterocycles. The Bertz CT molecular complexity index is 733. The lowest BCUT2D eigenvalue weighted by Gasteiger charge is -2.21. The number of methoxy groups -OCH3 is 1. The van der Waals surface area contributed by atoms with Crippen molar-refractivity contribution in [1.29, 1.82) is 0 Å². The highest BCUT2D eigenvalue weighted by Gasteiger charge is 2.23. The van der Waals surface area contributed by atoms with Gasteiger partial charge >= 0.3 is 6.03 Å². The highest BCUT2D eigenvalue weighted by Crippen LogP contribution is 2.31. The van der Waals surface area contributed by atoms with Crippen molar-refractivity contribution < 1.29 is 17.9 Å². The molecule has 23 heavy (non-hydrogen) atoms. The van der Waals surface area contributed by atoms with E-state index in [1.807, 2.05) is 12.1 Å². The van der Waals surface area contributed by atoms with Crippen molar-refractivity contribution in [2.75, 3.05) is 18.2 Å². The molecule has 0 aromatic heterocycles. The molecule has 6 nitrogen and oxygen atoms in total. The fourth-order valence-corrected chi connectivity index (χ4v) is 3.50. The Morgan fingerprint density at radius 3 is 2.52 bits per heavy atom. The molecule has 7 heteroatoms. The van der Waals surface area contributed by atoms with Crippen LogP contribution in [0.1, 0.15) is 26.3 Å². The SMILES string of the molecule is COc1ccc(C(C)(C)C)cc1NC(=O)N[C@@H]1C=CS(=O)(=O)C1. The Hall–Kier alpha value is -2.02. The molecule has 1 aromatic carbocycles. The molecule has 2 rings (SSSR count). The van der Waals surface area contributed by atoms with Crippen molar-refractivity contribution in [3.63, 3.8) is 0 Å². The van der Waals surface area contributed by atoms with Crippen molar-refractivity contribution in [3.05, 3.63) is 35.2 Å². The summed E-state index contributed by atoms with van der Waals surface area (Å²) in [5.41, 5.74) is 1.53. The van der Waals surface area contributed by atoms with Gasteiger partial charge in [-0.1, -0.05) is 26.8 Å². The molecule has 2 amide bonds. The monoisotopic (exact) mass is 338 g/mol. The number of rotatable bonds is 3. The molecule has 0 spiro atoms. The first-order valence-corrected chi connectivity index (χ1v) is 8.99. The van der Waals surface area contributed by atoms with Crippen LogP contribution in [0.3, 0.4) is 0 Å². The van der Waals surface area contributed by atoms with Gasteiger partial charge in [-0.25, -0.2) is 13.2 Å². The molecular weight excluding hydrogens is 316 g/mol. The lowest BCUT2D eigenvalue weighted by molar-refractivity contribution is 0.251. The standard InChI is InChI=1S/C16H22N2O4S/c1-16(2,3)11-5-6-14(22-4)13(9-11)18-15(19)17-12-7-8-23(20,21)10-12/h5-9,12H,10H2,1-4H3,(H2,17,18,19)/t12-/m1/s1. The maximum atomic E-state index is 12.1. The van der Waals surface area contributed by atoms with Crippen LogP contribution in [-0.2, 0) is 15.3 Å². The maximum Gasteiger partial charge on any atom is 0.319 e. The van der Waals surface area contributed by atoms with Crippen molar-refractivity contribution in [1.82, 2.24) is 5.32 Å². The number of benzene rings is 1. The summed E-state index contributed by atoms with van der Waals surface area (Å²) in [4.78, 5) is 12.1. The molecule has 0 fully saturated rings. The first kappa shape index (κ1) is 17.3. The summed E-state index contributed by atoms with van der Waals surface area (Å²) >= 11 is 0. The van der Waals surface area contributed by atoms with Crippen LogP contribution < -0.4 is 15.4 Å². The largest absolute Gasteiger partial charge is 0.495 e. The second-order valence-electron chi connectivity index (χ2n) is 6.53. The van der Waals surface area contributed by atoms with Crippen LogP contribution in [0.25, 0.3) is 0 Å². The fourth-order valence-electron chi connectivity index (χ4n) is 2.26. The summed E-state index contributed by atoms with van der Waals surface area (Å²) in [6.07, 6.45) is 1.47. The van der Waals surface area contributed by atoms with Gasteiger partial charge in [0.05, 0.1) is 24.6 Å². The number of ether oxygens (including phenoxy) is 1. The van der Waals surface area contributed by atoms with E-state index >= 15 is 0 Å². The summed E-state index contributed by atoms with van der Waals surface area (Å²) < 4.78 is 28.0. The Morgan fingerprint density at radius 2 is 2.00 bits per heavy atom. The van der Waals surface area contributed by atoms with Gasteiger partial charge in [0.25, 0.3) is 0 Å². The van der Waals surface area contributed by atoms with E-state index in [-0.39, 0.29) is 11.2 Å². The fraction of sp³-hybridized carbons (Fsp3) is 0.438. The van der Waals surface area contributed by atoms with E-state index in [2.05, 4.69) is 31.4 Å². The second kappa shape index (κ2) is 6.23. The first-order valence-electron chi connectivity index (χ1n) is 7.28. The van der Waals surface area contributed by atoms with Crippen molar-refractivity contribution >= 4 is 21.6 Å². The predicted molar refractivity (Wildman–Crippen MR) is 90.6 cm³/mol. The topological polar surface area (TPSA) is 84.5 Å². The highest BCUT2D eigenvalue weighted by molar-refractivity contribution is 7.94. The average Bonchev–Trinajstić information content (AvgIpc) is 2.76. The third-order valence-electron chi connectivity index (χ3n) is 3.56. The van der Waals surface area contributed by atoms with Crippen LogP contribution in [0.4, 0.5) is 10.5 Å². The van der Waals surface area contributed by atoms with E-state index in [1.165, 1.54) is 13.2 Å². The van der Waals surface area contributed by atoms with Crippen molar-refractivity contribution in [3.8, 4) is 5.75 Å². The first-order chi connectivity index (χ1) is 10.6. The van der Waals surface area contributed by atoms with Gasteiger partial charge in [0.1, 0.15) is 5.75 Å². The molecule has 1 heterocycles. The van der Waals surface area contributed by atoms with Crippen LogP contribution in [0.5, 0.6) is 5.75 Å². The molecule has 1 atom stereocenters. The molecule has 0 radical (unpaired) electrons. The zero-order chi connectivity index (χ0) is 17.3. The number of hydrogen-bond acceptors (Lipinski definition) is 4. The summed E-state index contributed by atoms with van der Waals surface area (Å²) in [7, 11) is -1.67. The lowest BCUT2D eigenvalue weighted by Crippen LogP contribution is -2.38. The van der Waals surface area contributed by atoms with Gasteiger partial charge in [-0.05, 0) is 29.2 Å². The number of anilines is 1. The van der Waals surface area contributed by atoms with Crippen LogP contribution in [0.2, 0.25) is 0 Å². The summed E-state index contributed by atoms with van der Waals surface area (Å²) in [6, 6.07) is 4.63. The minimum absolute atomic E-state index is 0.0680. The number of urea groups is 1. The van der Waals surface area contributed by atoms with E-state index in [9.17, 15) is 13.2 Å². The Kier molecular flexibility index (Phi) is 4.70. The van der Waals surface area contributed by atoms with Gasteiger partial charge < -0.3 is 15.4 Å². The number of carbonyl (C=O) groups excluding carboxylic acids is 1. The number of sulfone groups is 1. The Labute approximate surface area is 136 Å². The van der Waals surface area contributed by atoms with E-state index in [0.717, 1.165) is 11.0 Å². The average molecular weight is 338 g/mol. The minimum atomic E-state index is -3.20. The molecule has 126 valence electrons. The summed E-state index contributed by atoms with van der Waals surface area (Å²) in [6.45, 7) is 6.23. The number of amides is 2. The Morgan fingerprint density at radius 1 is 1.30 bits per heavy atom. The number of carbonyl (C=O) groups is 1. The van der Waals surface area contributed by atoms with Gasteiger partial charge in [-0.15, -0.1) is 0 Å². The van der Waals surface area contributed by atoms with Crippen LogP contribution in [-0.4, -0.2) is 33.4 Å². The molecule has 1 aliphatic rings. The maximum absolute atomic E-state index is 12.1. The summed E-state index contributed by atoms with van der Waals surface area (Å²) in [5.74, 6) is 0.433. The van der Waals surface area contributed by atoms with E-state index in [4.69, 9.17) is 4.74 Å². The Balaban J connectivity index is 2.12. The molecule has 0 aliphatic carbocycles. The molecule has 1 aliphatic heterocycles. The molecular formula is C16H22N2O4S. The van der Waals surface area contributed by atoms with Gasteiger partial charge in [0.15, 0.2) is 9.84 Å². The van der Waals surface area contributed by atoms with Crippen LogP contribution in [0.15, 0.2) is 29.7 Å². The second-order valence-corrected chi connectivity index (χ2v) is 8.46. The minimum Gasteiger partial charge on any atom is -0.495 e. The third-order valence-corrected chi connectivity index (χ3v) is 4.96. The van der Waals surface area contributed by atoms with Crippen LogP contribution in [0, 0.1) is 0 Å². The molecule has 0 unspecified atom stereocenters. The van der Waals surface area contributed by atoms with Gasteiger partial charge in [0.2, 0.25) is 0 Å². The molecule has 1 aromatic rings. The normalized spacial score (nSPS) is 19.4. The van der Waals surface area contributed by atoms with Gasteiger partial charge in [-0.2, -0.15) is 0 Å². The lowest BCUT2D eigenvalue weighted by atomic mass is 9.87. The predicted octanol–water partition coefficient (Wildman–Crippen LogP) is 2.42. The van der Waals surface area contributed by atoms with E-state index in [1.54, 1.807) is 6.07 Å². The van der Waals surface area contributed by atoms with Crippen LogP contribution >= 0.6 is 0 Å². The molecule has 0 saturated carbocycles. The number of hydrogen-bond donors (Lipinski definition) is 2. The number of nitrogens with one attached hydrogen (secondary N) is 2. The highest BCUT2D eigenvalue weighted by atomic mass is 32.2.